The van der Waals surface area contributed by atoms with E-state index >= 15 is 9.13 Å². The molecule has 5 rings (SSSR count). The summed E-state index contributed by atoms with van der Waals surface area (Å²) < 4.78 is 38.5. The molecule has 2 saturated carbocycles. The van der Waals surface area contributed by atoms with Crippen LogP contribution in [0.2, 0.25) is 0 Å². The highest BCUT2D eigenvalue weighted by Gasteiger charge is 2.53. The quantitative estimate of drug-likeness (QED) is 0.192. The summed E-state index contributed by atoms with van der Waals surface area (Å²) in [4.78, 5) is 0. The van der Waals surface area contributed by atoms with Crippen molar-refractivity contribution < 1.29 is 19.0 Å². The number of aliphatic hydroxyl groups excluding tert-OH is 1. The molecule has 2 fully saturated rings. The molecule has 0 radical (unpaired) electrons. The lowest BCUT2D eigenvalue weighted by Crippen LogP contribution is -2.39. The van der Waals surface area contributed by atoms with Gasteiger partial charge >= 0.3 is 0 Å². The first-order valence-corrected chi connectivity index (χ1v) is 22.2. The molecular weight excluding hydrogens is 630 g/mol. The molecule has 1 N–H and O–H groups in total. The fraction of sp³-hybridized carbons (Fsp3) is 0.571. The first-order chi connectivity index (χ1) is 22.9. The standard InChI is InChI=1S/C42H60O4P2/c1-29(2)37-23-21-31(5)25-40(37)47(44,35-17-10-8-11-18-35)39(33-15-14-16-34(27-33)46-7)28-42(43)48(45,36-19-12-9-13-20-36)41-26-32(6)22-24-38(41)30(3)4/h8-20,27,29-32,37-43H,21-26,28H2,1-7H3/t31-,32-,37+,38+,39+,40-,41-,42+,47?,48?/m1/s1. The minimum absolute atomic E-state index is 0.0405. The first kappa shape index (κ1) is 37.1. The number of methoxy groups -OCH3 is 1. The second kappa shape index (κ2) is 15.8. The van der Waals surface area contributed by atoms with Gasteiger partial charge in [0, 0.05) is 27.6 Å². The van der Waals surface area contributed by atoms with Gasteiger partial charge in [-0.25, -0.2) is 0 Å². The Morgan fingerprint density at radius 2 is 1.17 bits per heavy atom. The van der Waals surface area contributed by atoms with E-state index in [2.05, 4.69) is 47.6 Å². The van der Waals surface area contributed by atoms with Gasteiger partial charge in [-0.15, -0.1) is 0 Å². The van der Waals surface area contributed by atoms with Crippen molar-refractivity contribution in [1.82, 2.24) is 0 Å². The Morgan fingerprint density at radius 1 is 0.688 bits per heavy atom. The number of hydrogen-bond donors (Lipinski definition) is 1. The molecule has 3 aromatic carbocycles. The highest BCUT2D eigenvalue weighted by Crippen LogP contribution is 2.71. The van der Waals surface area contributed by atoms with Gasteiger partial charge in [0.25, 0.3) is 0 Å². The number of aliphatic hydroxyl groups is 1. The predicted octanol–water partition coefficient (Wildman–Crippen LogP) is 10.7. The number of rotatable bonds is 12. The molecule has 4 nitrogen and oxygen atoms in total. The topological polar surface area (TPSA) is 63.6 Å². The maximum atomic E-state index is 16.7. The third-order valence-electron chi connectivity index (χ3n) is 12.1. The second-order valence-corrected chi connectivity index (χ2v) is 22.3. The van der Waals surface area contributed by atoms with Crippen LogP contribution in [-0.4, -0.2) is 29.4 Å². The van der Waals surface area contributed by atoms with Gasteiger partial charge in [0.15, 0.2) is 0 Å². The number of benzene rings is 3. The summed E-state index contributed by atoms with van der Waals surface area (Å²) in [7, 11) is -5.05. The molecule has 0 aliphatic heterocycles. The van der Waals surface area contributed by atoms with E-state index in [4.69, 9.17) is 4.74 Å². The van der Waals surface area contributed by atoms with E-state index in [9.17, 15) is 5.11 Å². The Balaban J connectivity index is 1.73. The minimum Gasteiger partial charge on any atom is -0.497 e. The van der Waals surface area contributed by atoms with E-state index in [0.717, 1.165) is 54.7 Å². The van der Waals surface area contributed by atoms with Crippen molar-refractivity contribution in [2.24, 2.45) is 35.5 Å². The molecule has 2 aliphatic rings. The van der Waals surface area contributed by atoms with Crippen molar-refractivity contribution in [2.75, 3.05) is 7.11 Å². The summed E-state index contributed by atoms with van der Waals surface area (Å²) in [6.07, 6.45) is 6.23. The van der Waals surface area contributed by atoms with Gasteiger partial charge in [-0.05, 0) is 85.3 Å². The van der Waals surface area contributed by atoms with Crippen LogP contribution < -0.4 is 15.3 Å². The van der Waals surface area contributed by atoms with E-state index in [0.29, 0.717) is 35.3 Å². The van der Waals surface area contributed by atoms with Crippen LogP contribution in [0.1, 0.15) is 97.7 Å². The van der Waals surface area contributed by atoms with E-state index < -0.39 is 25.8 Å². The second-order valence-electron chi connectivity index (χ2n) is 15.9. The lowest BCUT2D eigenvalue weighted by atomic mass is 9.77. The monoisotopic (exact) mass is 690 g/mol. The van der Waals surface area contributed by atoms with Crippen molar-refractivity contribution in [3.05, 3.63) is 90.5 Å². The molecule has 0 heterocycles. The van der Waals surface area contributed by atoms with Gasteiger partial charge in [-0.2, -0.15) is 0 Å². The number of hydrogen-bond acceptors (Lipinski definition) is 4. The Labute approximate surface area is 291 Å². The van der Waals surface area contributed by atoms with Crippen LogP contribution in [0.15, 0.2) is 84.9 Å². The lowest BCUT2D eigenvalue weighted by molar-refractivity contribution is 0.206. The van der Waals surface area contributed by atoms with Crippen LogP contribution in [0.4, 0.5) is 0 Å². The van der Waals surface area contributed by atoms with E-state index in [1.54, 1.807) is 7.11 Å². The smallest absolute Gasteiger partial charge is 0.145 e. The molecule has 0 saturated heterocycles. The molecule has 10 atom stereocenters. The molecule has 0 spiro atoms. The minimum atomic E-state index is -3.42. The van der Waals surface area contributed by atoms with Gasteiger partial charge < -0.3 is 19.0 Å². The summed E-state index contributed by atoms with van der Waals surface area (Å²) in [5.74, 6) is 1.75. The maximum absolute atomic E-state index is 16.7. The summed E-state index contributed by atoms with van der Waals surface area (Å²) in [6.45, 7) is 13.6. The largest absolute Gasteiger partial charge is 0.497 e. The molecule has 2 aliphatic carbocycles. The predicted molar refractivity (Wildman–Crippen MR) is 204 cm³/mol. The molecule has 0 aromatic heterocycles. The van der Waals surface area contributed by atoms with E-state index in [-0.39, 0.29) is 23.7 Å². The molecule has 3 aromatic rings. The summed E-state index contributed by atoms with van der Waals surface area (Å²) in [5.41, 5.74) is 0.218. The summed E-state index contributed by atoms with van der Waals surface area (Å²) >= 11 is 0. The van der Waals surface area contributed by atoms with E-state index in [1.807, 2.05) is 78.9 Å². The van der Waals surface area contributed by atoms with Crippen LogP contribution in [0, 0.1) is 35.5 Å². The van der Waals surface area contributed by atoms with Crippen molar-refractivity contribution >= 4 is 24.9 Å². The lowest BCUT2D eigenvalue weighted by Gasteiger charge is -2.47. The summed E-state index contributed by atoms with van der Waals surface area (Å²) in [5, 5.41) is 14.5. The zero-order valence-electron chi connectivity index (χ0n) is 30.4. The van der Waals surface area contributed by atoms with Crippen molar-refractivity contribution in [2.45, 2.75) is 109 Å². The van der Waals surface area contributed by atoms with Crippen LogP contribution in [-0.2, 0) is 9.13 Å². The Bertz CT molecular complexity index is 1550. The third kappa shape index (κ3) is 7.48. The fourth-order valence-electron chi connectivity index (χ4n) is 9.41. The zero-order valence-corrected chi connectivity index (χ0v) is 32.2. The van der Waals surface area contributed by atoms with Crippen molar-refractivity contribution in [1.29, 1.82) is 0 Å². The highest BCUT2D eigenvalue weighted by atomic mass is 31.2. The van der Waals surface area contributed by atoms with Crippen LogP contribution >= 0.6 is 14.3 Å². The van der Waals surface area contributed by atoms with Gasteiger partial charge in [0.05, 0.1) is 7.11 Å². The molecule has 2 unspecified atom stereocenters. The molecule has 48 heavy (non-hydrogen) atoms. The Morgan fingerprint density at radius 3 is 1.65 bits per heavy atom. The Hall–Kier alpha value is -2.12. The van der Waals surface area contributed by atoms with Gasteiger partial charge in [0.1, 0.15) is 25.9 Å². The summed E-state index contributed by atoms with van der Waals surface area (Å²) in [6, 6.07) is 27.9. The maximum Gasteiger partial charge on any atom is 0.145 e. The molecular formula is C42H60O4P2. The van der Waals surface area contributed by atoms with E-state index in [1.165, 1.54) is 0 Å². The van der Waals surface area contributed by atoms with Gasteiger partial charge in [0.2, 0.25) is 0 Å². The zero-order chi connectivity index (χ0) is 34.6. The molecule has 0 bridgehead atoms. The molecule has 6 heteroatoms. The highest BCUT2D eigenvalue weighted by molar-refractivity contribution is 7.73. The SMILES string of the molecule is COc1cccc([C@H](C[C@@H](O)P(=O)(c2ccccc2)[C@@H]2C[C@H](C)CC[C@H]2C(C)C)P(=O)(c2ccccc2)[C@@H]2C[C@H](C)CC[C@H]2C(C)C)c1. The van der Waals surface area contributed by atoms with Gasteiger partial charge in [-0.1, -0.05) is 127 Å². The van der Waals surface area contributed by atoms with Crippen molar-refractivity contribution in [3.8, 4) is 5.75 Å². The first-order valence-electron chi connectivity index (χ1n) is 18.5. The van der Waals surface area contributed by atoms with Crippen LogP contribution in [0.3, 0.4) is 0 Å². The fourth-order valence-corrected chi connectivity index (χ4v) is 18.3. The average Bonchev–Trinajstić information content (AvgIpc) is 3.10. The molecule has 262 valence electrons. The average molecular weight is 691 g/mol. The normalized spacial score (nSPS) is 28.7. The van der Waals surface area contributed by atoms with Crippen LogP contribution in [0.25, 0.3) is 0 Å². The molecule has 0 amide bonds. The third-order valence-corrected chi connectivity index (χ3v) is 20.0. The van der Waals surface area contributed by atoms with Crippen LogP contribution in [0.5, 0.6) is 5.75 Å². The van der Waals surface area contributed by atoms with Crippen molar-refractivity contribution in [3.63, 3.8) is 0 Å². The van der Waals surface area contributed by atoms with Gasteiger partial charge in [-0.3, -0.25) is 0 Å². The Kier molecular flexibility index (Phi) is 12.3. The number of ether oxygens (including phenoxy) is 1.